The summed E-state index contributed by atoms with van der Waals surface area (Å²) < 4.78 is 87.1. The summed E-state index contributed by atoms with van der Waals surface area (Å²) in [6.45, 7) is 0. The highest BCUT2D eigenvalue weighted by molar-refractivity contribution is 6.42. The van der Waals surface area contributed by atoms with Crippen molar-refractivity contribution in [1.29, 1.82) is 0 Å². The van der Waals surface area contributed by atoms with Crippen LogP contribution in [0.2, 0.25) is 0 Å². The minimum Gasteiger partial charge on any atom is -0.166 e. The average Bonchev–Trinajstić information content (AvgIpc) is 3.92. The number of benzene rings is 13. The normalized spacial score (nSPS) is 12.9. The Morgan fingerprint density at radius 3 is 0.792 bits per heavy atom. The van der Waals surface area contributed by atoms with Gasteiger partial charge in [-0.25, -0.2) is 0 Å². The Morgan fingerprint density at radius 1 is 0.208 bits per heavy atom. The maximum absolute atomic E-state index is 14.5. The van der Waals surface area contributed by atoms with Gasteiger partial charge in [-0.3, -0.25) is 0 Å². The molecule has 2 aliphatic rings. The number of hydrogen-bond acceptors (Lipinski definition) is 0. The lowest BCUT2D eigenvalue weighted by molar-refractivity contribution is -0.138. The number of halogens is 6. The van der Waals surface area contributed by atoms with Gasteiger partial charge in [-0.2, -0.15) is 26.3 Å². The largest absolute Gasteiger partial charge is 0.416 e. The lowest BCUT2D eigenvalue weighted by atomic mass is 9.82. The van der Waals surface area contributed by atoms with Crippen molar-refractivity contribution in [3.63, 3.8) is 0 Å². The Balaban J connectivity index is 1.06. The first-order chi connectivity index (χ1) is 35.0. The molecule has 15 rings (SSSR count). The quantitative estimate of drug-likeness (QED) is 0.0937. The van der Waals surface area contributed by atoms with Crippen LogP contribution < -0.4 is 0 Å². The molecular weight excluding hydrogens is 907 g/mol. The third-order valence-electron chi connectivity index (χ3n) is 15.5. The van der Waals surface area contributed by atoms with Crippen molar-refractivity contribution in [2.75, 3.05) is 0 Å². The maximum Gasteiger partial charge on any atom is 0.416 e. The van der Waals surface area contributed by atoms with Gasteiger partial charge >= 0.3 is 12.4 Å². The van der Waals surface area contributed by atoms with Crippen molar-refractivity contribution in [2.45, 2.75) is 12.4 Å². The molecule has 0 saturated heterocycles. The molecule has 0 N–H and O–H groups in total. The Morgan fingerprint density at radius 2 is 0.486 bits per heavy atom. The van der Waals surface area contributed by atoms with Crippen molar-refractivity contribution in [3.8, 4) is 89.0 Å². The van der Waals surface area contributed by atoms with Crippen LogP contribution in [0, 0.1) is 0 Å². The van der Waals surface area contributed by atoms with Crippen molar-refractivity contribution in [3.05, 3.63) is 217 Å². The van der Waals surface area contributed by atoms with Gasteiger partial charge in [-0.1, -0.05) is 182 Å². The first-order valence-corrected chi connectivity index (χ1v) is 23.9. The molecular formula is C66H34F6. The molecule has 0 fully saturated rings. The van der Waals surface area contributed by atoms with E-state index in [1.807, 2.05) is 72.8 Å². The van der Waals surface area contributed by atoms with Gasteiger partial charge in [0.15, 0.2) is 0 Å². The van der Waals surface area contributed by atoms with Crippen LogP contribution in [0.1, 0.15) is 11.1 Å². The van der Waals surface area contributed by atoms with E-state index in [0.717, 1.165) is 155 Å². The van der Waals surface area contributed by atoms with Crippen LogP contribution in [0.15, 0.2) is 206 Å². The minimum absolute atomic E-state index is 0.495. The van der Waals surface area contributed by atoms with Gasteiger partial charge in [0.25, 0.3) is 0 Å². The zero-order valence-electron chi connectivity index (χ0n) is 37.9. The third kappa shape index (κ3) is 5.49. The van der Waals surface area contributed by atoms with E-state index in [4.69, 9.17) is 0 Å². The van der Waals surface area contributed by atoms with E-state index in [2.05, 4.69) is 84.9 Å². The van der Waals surface area contributed by atoms with Crippen molar-refractivity contribution in [2.24, 2.45) is 0 Å². The number of fused-ring (bicyclic) bond motifs is 10. The smallest absolute Gasteiger partial charge is 0.166 e. The molecule has 0 spiro atoms. The third-order valence-corrected chi connectivity index (χ3v) is 15.5. The topological polar surface area (TPSA) is 0 Å². The van der Waals surface area contributed by atoms with Crippen LogP contribution in [-0.4, -0.2) is 0 Å². The van der Waals surface area contributed by atoms with Crippen LogP contribution >= 0.6 is 0 Å². The fraction of sp³-hybridized carbons (Fsp3) is 0.0303. The van der Waals surface area contributed by atoms with E-state index in [1.165, 1.54) is 24.3 Å². The molecule has 0 unspecified atom stereocenters. The summed E-state index contributed by atoms with van der Waals surface area (Å²) in [4.78, 5) is 0. The summed E-state index contributed by atoms with van der Waals surface area (Å²) in [6, 6.07) is 65.5. The molecule has 0 aromatic heterocycles. The van der Waals surface area contributed by atoms with Crippen molar-refractivity contribution in [1.82, 2.24) is 0 Å². The fourth-order valence-electron chi connectivity index (χ4n) is 12.8. The standard InChI is InChI=1S/C66H34F6/c67-65(68,69)39-19-11-17-37(33-39)55-43-23-9-7-21-41(43)53(35-13-3-1-4-14-35)61-49-29-25-45-48-28-32-52-60-50(30-26-46(58(48)60)47-27-31-51(63(55)61)59(49)57(45)47)62-54(36-15-5-2-6-16-36)42-22-8-10-24-44(42)56(64(52)62)38-18-12-20-40(34-38)66(70,71)72/h1-34H. The molecule has 340 valence electrons. The Kier molecular flexibility index (Phi) is 8.23. The van der Waals surface area contributed by atoms with E-state index in [1.54, 1.807) is 12.1 Å². The molecule has 0 amide bonds. The highest BCUT2D eigenvalue weighted by Gasteiger charge is 2.37. The van der Waals surface area contributed by atoms with Gasteiger partial charge in [-0.05, 0) is 178 Å². The molecule has 0 bridgehead atoms. The summed E-state index contributed by atoms with van der Waals surface area (Å²) in [5, 5.41) is 12.1. The zero-order chi connectivity index (χ0) is 48.4. The average molecular weight is 941 g/mol. The number of hydrogen-bond donors (Lipinski definition) is 0. The van der Waals surface area contributed by atoms with Gasteiger partial charge in [0, 0.05) is 0 Å². The van der Waals surface area contributed by atoms with E-state index in [9.17, 15) is 26.3 Å². The summed E-state index contributed by atoms with van der Waals surface area (Å²) >= 11 is 0. The van der Waals surface area contributed by atoms with Gasteiger partial charge in [0.05, 0.1) is 11.1 Å². The minimum atomic E-state index is -4.53. The number of alkyl halides is 6. The number of rotatable bonds is 4. The Bertz CT molecular complexity index is 4200. The first-order valence-electron chi connectivity index (χ1n) is 23.9. The summed E-state index contributed by atoms with van der Waals surface area (Å²) in [5.74, 6) is 0. The van der Waals surface area contributed by atoms with Crippen LogP contribution in [-0.2, 0) is 12.4 Å². The molecule has 0 nitrogen and oxygen atoms in total. The molecule has 0 radical (unpaired) electrons. The predicted molar refractivity (Wildman–Crippen MR) is 283 cm³/mol. The van der Waals surface area contributed by atoms with E-state index in [0.29, 0.717) is 11.1 Å². The molecule has 13 aromatic carbocycles. The Hall–Kier alpha value is -8.74. The van der Waals surface area contributed by atoms with Crippen molar-refractivity contribution >= 4 is 64.6 Å². The molecule has 2 aliphatic carbocycles. The zero-order valence-corrected chi connectivity index (χ0v) is 37.9. The molecule has 13 aromatic rings. The summed E-state index contributed by atoms with van der Waals surface area (Å²) in [6.07, 6.45) is -9.06. The first kappa shape index (κ1) is 41.1. The van der Waals surface area contributed by atoms with E-state index >= 15 is 0 Å². The van der Waals surface area contributed by atoms with Gasteiger partial charge < -0.3 is 0 Å². The highest BCUT2D eigenvalue weighted by Crippen LogP contribution is 2.63. The maximum atomic E-state index is 14.5. The van der Waals surface area contributed by atoms with Gasteiger partial charge in [-0.15, -0.1) is 0 Å². The lowest BCUT2D eigenvalue weighted by Gasteiger charge is -2.21. The van der Waals surface area contributed by atoms with E-state index < -0.39 is 23.5 Å². The van der Waals surface area contributed by atoms with Crippen molar-refractivity contribution < 1.29 is 26.3 Å². The summed E-state index contributed by atoms with van der Waals surface area (Å²) in [7, 11) is 0. The fourth-order valence-corrected chi connectivity index (χ4v) is 12.8. The predicted octanol–water partition coefficient (Wildman–Crippen LogP) is 20.0. The summed E-state index contributed by atoms with van der Waals surface area (Å²) in [5.41, 5.74) is 12.9. The van der Waals surface area contributed by atoms with Gasteiger partial charge in [0.2, 0.25) is 0 Å². The second-order valence-corrected chi connectivity index (χ2v) is 19.1. The molecule has 6 heteroatoms. The van der Waals surface area contributed by atoms with E-state index in [-0.39, 0.29) is 0 Å². The Labute approximate surface area is 408 Å². The second-order valence-electron chi connectivity index (χ2n) is 19.1. The lowest BCUT2D eigenvalue weighted by Crippen LogP contribution is -2.04. The second kappa shape index (κ2) is 14.4. The molecule has 72 heavy (non-hydrogen) atoms. The van der Waals surface area contributed by atoms with Crippen LogP contribution in [0.4, 0.5) is 26.3 Å². The van der Waals surface area contributed by atoms with Crippen LogP contribution in [0.5, 0.6) is 0 Å². The molecule has 0 saturated carbocycles. The molecule has 0 atom stereocenters. The van der Waals surface area contributed by atoms with Crippen LogP contribution in [0.25, 0.3) is 154 Å². The SMILES string of the molecule is FC(F)(F)c1cccc(-c2c3c(c(-c4ccccc4)c4ccccc24)-c2ccc4c5ccc6c7c(ccc(c8ccc-3c2c48)c75)-c2c-6c(-c3cccc(C(F)(F)F)c3)c3ccccc3c2-c2ccccc2)c1. The molecule has 0 aliphatic heterocycles. The van der Waals surface area contributed by atoms with Crippen LogP contribution in [0.3, 0.4) is 0 Å². The van der Waals surface area contributed by atoms with Gasteiger partial charge in [0.1, 0.15) is 0 Å². The highest BCUT2D eigenvalue weighted by atomic mass is 19.4. The monoisotopic (exact) mass is 940 g/mol. The molecule has 0 heterocycles.